The van der Waals surface area contributed by atoms with E-state index in [1.54, 1.807) is 25.5 Å². The largest absolute Gasteiger partial charge is 0.491 e. The highest BCUT2D eigenvalue weighted by atomic mass is 32.1. The number of likely N-dealkylation sites (N-methyl/N-ethyl adjacent to an activating group) is 1. The summed E-state index contributed by atoms with van der Waals surface area (Å²) >= 11 is 1.45. The number of imidazole rings is 1. The smallest absolute Gasteiger partial charge is 0.178 e. The Morgan fingerprint density at radius 1 is 1.11 bits per heavy atom. The van der Waals surface area contributed by atoms with Crippen LogP contribution in [0.4, 0.5) is 0 Å². The van der Waals surface area contributed by atoms with Crippen LogP contribution >= 0.6 is 11.3 Å². The molecule has 0 spiro atoms. The third-order valence-electron chi connectivity index (χ3n) is 6.06. The van der Waals surface area contributed by atoms with Gasteiger partial charge in [0.2, 0.25) is 0 Å². The summed E-state index contributed by atoms with van der Waals surface area (Å²) in [7, 11) is 4.01. The number of pyridine rings is 3. The lowest BCUT2D eigenvalue weighted by molar-refractivity contribution is 0.102. The van der Waals surface area contributed by atoms with Gasteiger partial charge in [-0.3, -0.25) is 14.9 Å². The number of hydrogen-bond donors (Lipinski definition) is 2. The molecule has 6 aromatic rings. The summed E-state index contributed by atoms with van der Waals surface area (Å²) in [5.74, 6) is 1.29. The Morgan fingerprint density at radius 3 is 2.82 bits per heavy atom. The molecule has 0 saturated heterocycles. The van der Waals surface area contributed by atoms with Gasteiger partial charge in [0.15, 0.2) is 22.9 Å². The second-order valence-corrected chi connectivity index (χ2v) is 10.2. The van der Waals surface area contributed by atoms with Gasteiger partial charge in [-0.25, -0.2) is 15.0 Å². The molecule has 6 rings (SSSR count). The van der Waals surface area contributed by atoms with Crippen LogP contribution < -0.4 is 4.74 Å². The molecule has 38 heavy (non-hydrogen) atoms. The van der Waals surface area contributed by atoms with E-state index in [-0.39, 0.29) is 5.78 Å². The lowest BCUT2D eigenvalue weighted by Gasteiger charge is -2.11. The predicted octanol–water partition coefficient (Wildman–Crippen LogP) is 4.83. The molecule has 0 unspecified atom stereocenters. The first-order chi connectivity index (χ1) is 18.5. The molecule has 0 fully saturated rings. The number of ether oxygens (including phenoxy) is 1. The van der Waals surface area contributed by atoms with E-state index in [9.17, 15) is 4.79 Å². The Balaban J connectivity index is 1.37. The lowest BCUT2D eigenvalue weighted by atomic mass is 10.1. The predicted molar refractivity (Wildman–Crippen MR) is 147 cm³/mol. The second-order valence-electron chi connectivity index (χ2n) is 9.09. The van der Waals surface area contributed by atoms with E-state index in [2.05, 4.69) is 30.0 Å². The molecule has 11 heteroatoms. The van der Waals surface area contributed by atoms with Crippen molar-refractivity contribution in [3.63, 3.8) is 0 Å². The van der Waals surface area contributed by atoms with Gasteiger partial charge in [0.25, 0.3) is 0 Å². The number of aromatic amines is 2. The molecular weight excluding hydrogens is 500 g/mol. The van der Waals surface area contributed by atoms with Crippen LogP contribution in [0.15, 0.2) is 55.0 Å². The Morgan fingerprint density at radius 2 is 2.00 bits per heavy atom. The molecule has 0 atom stereocenters. The highest BCUT2D eigenvalue weighted by molar-refractivity contribution is 7.17. The molecule has 6 heterocycles. The minimum Gasteiger partial charge on any atom is -0.491 e. The first-order valence-electron chi connectivity index (χ1n) is 12.0. The summed E-state index contributed by atoms with van der Waals surface area (Å²) in [4.78, 5) is 37.3. The SMILES string of the molecule is CC(=O)c1ccc(-c2ccnc3nc(-c4n[nH]c5ccc(-c6cncc(OCCN(C)C)c6)nc45)[nH]c23)s1. The summed E-state index contributed by atoms with van der Waals surface area (Å²) in [6.07, 6.45) is 5.18. The Kier molecular flexibility index (Phi) is 6.14. The zero-order valence-electron chi connectivity index (χ0n) is 21.0. The van der Waals surface area contributed by atoms with Crippen LogP contribution in [0.2, 0.25) is 0 Å². The Labute approximate surface area is 221 Å². The number of fused-ring (bicyclic) bond motifs is 2. The molecule has 0 aliphatic heterocycles. The highest BCUT2D eigenvalue weighted by Gasteiger charge is 2.18. The summed E-state index contributed by atoms with van der Waals surface area (Å²) in [6, 6.07) is 11.5. The van der Waals surface area contributed by atoms with Gasteiger partial charge in [-0.05, 0) is 57.4 Å². The van der Waals surface area contributed by atoms with Crippen molar-refractivity contribution in [2.75, 3.05) is 27.2 Å². The molecule has 6 aromatic heterocycles. The number of thiophene rings is 1. The van der Waals surface area contributed by atoms with Crippen molar-refractivity contribution in [3.8, 4) is 39.0 Å². The molecule has 0 aliphatic rings. The number of Topliss-reactive ketones (excluding diaryl/α,β-unsaturated/α-hetero) is 1. The molecule has 0 bridgehead atoms. The van der Waals surface area contributed by atoms with Crippen LogP contribution in [0.5, 0.6) is 5.75 Å². The molecular formula is C27H24N8O2S. The van der Waals surface area contributed by atoms with Crippen LogP contribution in [-0.2, 0) is 0 Å². The third kappa shape index (κ3) is 4.53. The van der Waals surface area contributed by atoms with E-state index in [1.165, 1.54) is 11.3 Å². The van der Waals surface area contributed by atoms with Crippen molar-refractivity contribution in [2.45, 2.75) is 6.92 Å². The topological polar surface area (TPSA) is 126 Å². The van der Waals surface area contributed by atoms with Crippen LogP contribution in [0.3, 0.4) is 0 Å². The van der Waals surface area contributed by atoms with E-state index in [1.807, 2.05) is 50.5 Å². The lowest BCUT2D eigenvalue weighted by Crippen LogP contribution is -2.19. The quantitative estimate of drug-likeness (QED) is 0.271. The van der Waals surface area contributed by atoms with Crippen molar-refractivity contribution in [2.24, 2.45) is 0 Å². The first-order valence-corrected chi connectivity index (χ1v) is 12.8. The van der Waals surface area contributed by atoms with Gasteiger partial charge in [-0.1, -0.05) is 0 Å². The minimum atomic E-state index is 0.0441. The zero-order chi connectivity index (χ0) is 26.2. The first kappa shape index (κ1) is 23.9. The molecule has 0 amide bonds. The van der Waals surface area contributed by atoms with E-state index in [0.717, 1.165) is 39.3 Å². The maximum absolute atomic E-state index is 11.8. The number of nitrogens with zero attached hydrogens (tertiary/aromatic N) is 6. The number of aromatic nitrogens is 7. The van der Waals surface area contributed by atoms with Crippen molar-refractivity contribution >= 4 is 39.3 Å². The maximum atomic E-state index is 11.8. The van der Waals surface area contributed by atoms with Crippen LogP contribution in [0, 0.1) is 0 Å². The highest BCUT2D eigenvalue weighted by Crippen LogP contribution is 2.34. The molecule has 0 saturated carbocycles. The number of H-pyrrole nitrogens is 2. The van der Waals surface area contributed by atoms with Crippen LogP contribution in [0.25, 0.3) is 55.4 Å². The molecule has 10 nitrogen and oxygen atoms in total. The Bertz CT molecular complexity index is 1780. The average molecular weight is 525 g/mol. The fourth-order valence-electron chi connectivity index (χ4n) is 4.11. The number of ketones is 1. The second kappa shape index (κ2) is 9.77. The molecule has 190 valence electrons. The van der Waals surface area contributed by atoms with Gasteiger partial charge in [0.1, 0.15) is 17.9 Å². The zero-order valence-corrected chi connectivity index (χ0v) is 21.8. The van der Waals surface area contributed by atoms with Gasteiger partial charge >= 0.3 is 0 Å². The monoisotopic (exact) mass is 524 g/mol. The van der Waals surface area contributed by atoms with E-state index in [4.69, 9.17) is 14.7 Å². The fraction of sp³-hybridized carbons (Fsp3) is 0.185. The van der Waals surface area contributed by atoms with Crippen molar-refractivity contribution < 1.29 is 9.53 Å². The summed E-state index contributed by atoms with van der Waals surface area (Å²) < 4.78 is 5.85. The molecule has 2 N–H and O–H groups in total. The number of hydrogen-bond acceptors (Lipinski definition) is 9. The number of carbonyl (C=O) groups excluding carboxylic acids is 1. The molecule has 0 aromatic carbocycles. The number of nitrogens with one attached hydrogen (secondary N) is 2. The average Bonchev–Trinajstić information content (AvgIpc) is 3.66. The fourth-order valence-corrected chi connectivity index (χ4v) is 5.04. The van der Waals surface area contributed by atoms with Gasteiger partial charge in [-0.2, -0.15) is 5.10 Å². The van der Waals surface area contributed by atoms with Gasteiger partial charge in [0, 0.05) is 34.9 Å². The molecule has 0 radical (unpaired) electrons. The Hall–Kier alpha value is -4.48. The summed E-state index contributed by atoms with van der Waals surface area (Å²) in [5, 5.41) is 7.55. The van der Waals surface area contributed by atoms with Crippen molar-refractivity contribution in [1.82, 2.24) is 40.0 Å². The van der Waals surface area contributed by atoms with Crippen molar-refractivity contribution in [3.05, 3.63) is 59.9 Å². The summed E-state index contributed by atoms with van der Waals surface area (Å²) in [5.41, 5.74) is 5.91. The van der Waals surface area contributed by atoms with Crippen LogP contribution in [0.1, 0.15) is 16.6 Å². The van der Waals surface area contributed by atoms with Gasteiger partial charge < -0.3 is 14.6 Å². The van der Waals surface area contributed by atoms with E-state index in [0.29, 0.717) is 39.9 Å². The van der Waals surface area contributed by atoms with E-state index >= 15 is 0 Å². The minimum absolute atomic E-state index is 0.0441. The van der Waals surface area contributed by atoms with E-state index < -0.39 is 0 Å². The van der Waals surface area contributed by atoms with Crippen molar-refractivity contribution in [1.29, 1.82) is 0 Å². The standard InChI is InChI=1S/C27H24N8O2S/c1-15(36)21-6-7-22(38-21)18-8-9-29-26-23(18)31-27(32-26)25-24-20(33-34-25)5-4-19(30-24)16-12-17(14-28-13-16)37-11-10-35(2)3/h4-9,12-14H,10-11H2,1-3H3,(H,33,34)(H,29,31,32). The number of carbonyl (C=O) groups is 1. The third-order valence-corrected chi connectivity index (χ3v) is 7.28. The summed E-state index contributed by atoms with van der Waals surface area (Å²) in [6.45, 7) is 2.95. The van der Waals surface area contributed by atoms with Gasteiger partial charge in [0.05, 0.1) is 27.8 Å². The molecule has 0 aliphatic carbocycles. The number of rotatable bonds is 8. The maximum Gasteiger partial charge on any atom is 0.178 e. The van der Waals surface area contributed by atoms with Gasteiger partial charge in [-0.15, -0.1) is 11.3 Å². The normalized spacial score (nSPS) is 11.6. The van der Waals surface area contributed by atoms with Crippen LogP contribution in [-0.4, -0.2) is 73.0 Å².